The van der Waals surface area contributed by atoms with E-state index in [1.165, 1.54) is 6.08 Å². The first-order chi connectivity index (χ1) is 10.0. The first kappa shape index (κ1) is 16.2. The molecule has 0 unspecified atom stereocenters. The largest absolute Gasteiger partial charge is 0.483 e. The summed E-state index contributed by atoms with van der Waals surface area (Å²) in [7, 11) is 0. The van der Waals surface area contributed by atoms with Crippen LogP contribution in [0.5, 0.6) is 5.75 Å². The number of para-hydroxylation sites is 1. The van der Waals surface area contributed by atoms with Crippen LogP contribution in [0.25, 0.3) is 0 Å². The number of carbonyl (C=O) groups is 3. The van der Waals surface area contributed by atoms with E-state index in [0.29, 0.717) is 11.3 Å². The Hall–Kier alpha value is -2.83. The Bertz CT molecular complexity index is 542. The summed E-state index contributed by atoms with van der Waals surface area (Å²) in [5, 5.41) is 13.2. The second-order valence-electron chi connectivity index (χ2n) is 4.01. The van der Waals surface area contributed by atoms with Crippen molar-refractivity contribution in [3.63, 3.8) is 0 Å². The number of hydrogen-bond donors (Lipinski definition) is 3. The molecule has 0 spiro atoms. The normalized spacial score (nSPS) is 9.52. The molecular weight excluding hydrogens is 276 g/mol. The van der Waals surface area contributed by atoms with Gasteiger partial charge in [-0.25, -0.2) is 4.79 Å². The maximum atomic E-state index is 11.5. The molecule has 112 valence electrons. The summed E-state index contributed by atoms with van der Waals surface area (Å²) < 4.78 is 5.23. The Balaban J connectivity index is 2.51. The number of aliphatic carboxylic acids is 1. The SMILES string of the molecule is C=CCNC(=O)NC(=O)COc1ccccc1CC(=O)O. The number of hydrogen-bond acceptors (Lipinski definition) is 4. The van der Waals surface area contributed by atoms with Gasteiger partial charge in [0.25, 0.3) is 5.91 Å². The average molecular weight is 292 g/mol. The molecule has 0 saturated carbocycles. The third-order valence-electron chi connectivity index (χ3n) is 2.33. The van der Waals surface area contributed by atoms with E-state index >= 15 is 0 Å². The van der Waals surface area contributed by atoms with Gasteiger partial charge in [0, 0.05) is 12.1 Å². The molecule has 0 radical (unpaired) electrons. The van der Waals surface area contributed by atoms with Crippen LogP contribution >= 0.6 is 0 Å². The van der Waals surface area contributed by atoms with Crippen LogP contribution in [-0.2, 0) is 16.0 Å². The molecule has 1 aromatic rings. The number of carboxylic acid groups (broad SMARTS) is 1. The van der Waals surface area contributed by atoms with Crippen LogP contribution in [0.4, 0.5) is 4.79 Å². The highest BCUT2D eigenvalue weighted by molar-refractivity contribution is 5.95. The predicted molar refractivity (Wildman–Crippen MR) is 75.0 cm³/mol. The highest BCUT2D eigenvalue weighted by Gasteiger charge is 2.11. The third-order valence-corrected chi connectivity index (χ3v) is 2.33. The van der Waals surface area contributed by atoms with Crippen molar-refractivity contribution in [2.45, 2.75) is 6.42 Å². The lowest BCUT2D eigenvalue weighted by molar-refractivity contribution is -0.136. The van der Waals surface area contributed by atoms with Gasteiger partial charge in [0.05, 0.1) is 6.42 Å². The Morgan fingerprint density at radius 3 is 2.67 bits per heavy atom. The predicted octanol–water partition coefficient (Wildman–Crippen LogP) is 0.704. The summed E-state index contributed by atoms with van der Waals surface area (Å²) in [5.41, 5.74) is 0.453. The number of imide groups is 1. The first-order valence-corrected chi connectivity index (χ1v) is 6.14. The van der Waals surface area contributed by atoms with E-state index in [0.717, 1.165) is 0 Å². The van der Waals surface area contributed by atoms with Crippen molar-refractivity contribution in [2.75, 3.05) is 13.2 Å². The molecule has 0 aliphatic rings. The van der Waals surface area contributed by atoms with Crippen LogP contribution in [0.1, 0.15) is 5.56 Å². The topological polar surface area (TPSA) is 105 Å². The van der Waals surface area contributed by atoms with Gasteiger partial charge in [-0.3, -0.25) is 14.9 Å². The summed E-state index contributed by atoms with van der Waals surface area (Å²) in [4.78, 5) is 33.4. The van der Waals surface area contributed by atoms with Crippen molar-refractivity contribution < 1.29 is 24.2 Å². The molecule has 3 amide bonds. The van der Waals surface area contributed by atoms with E-state index in [1.807, 2.05) is 0 Å². The molecule has 0 saturated heterocycles. The molecule has 0 aromatic heterocycles. The van der Waals surface area contributed by atoms with Gasteiger partial charge in [-0.1, -0.05) is 24.3 Å². The monoisotopic (exact) mass is 292 g/mol. The third kappa shape index (κ3) is 6.24. The number of amides is 3. The van der Waals surface area contributed by atoms with Crippen molar-refractivity contribution >= 4 is 17.9 Å². The standard InChI is InChI=1S/C14H16N2O5/c1-2-7-15-14(20)16-12(17)9-21-11-6-4-3-5-10(11)8-13(18)19/h2-6H,1,7-9H2,(H,18,19)(H2,15,16,17,20). The van der Waals surface area contributed by atoms with Gasteiger partial charge in [0.15, 0.2) is 6.61 Å². The molecule has 1 rings (SSSR count). The molecule has 0 heterocycles. The Labute approximate surface area is 121 Å². The van der Waals surface area contributed by atoms with Crippen LogP contribution < -0.4 is 15.4 Å². The zero-order valence-corrected chi connectivity index (χ0v) is 11.3. The van der Waals surface area contributed by atoms with Gasteiger partial charge in [-0.2, -0.15) is 0 Å². The van der Waals surface area contributed by atoms with Crippen LogP contribution in [-0.4, -0.2) is 36.2 Å². The number of urea groups is 1. The fraction of sp³-hybridized carbons (Fsp3) is 0.214. The molecule has 0 aliphatic carbocycles. The Morgan fingerprint density at radius 1 is 1.29 bits per heavy atom. The lowest BCUT2D eigenvalue weighted by Crippen LogP contribution is -2.41. The summed E-state index contributed by atoms with van der Waals surface area (Å²) in [5.74, 6) is -1.34. The molecule has 0 bridgehead atoms. The molecule has 7 nitrogen and oxygen atoms in total. The van der Waals surface area contributed by atoms with E-state index in [-0.39, 0.29) is 13.0 Å². The fourth-order valence-corrected chi connectivity index (χ4v) is 1.47. The Kier molecular flexibility index (Phi) is 6.46. The molecule has 7 heteroatoms. The van der Waals surface area contributed by atoms with Crippen LogP contribution in [0, 0.1) is 0 Å². The maximum absolute atomic E-state index is 11.5. The van der Waals surface area contributed by atoms with Crippen molar-refractivity contribution in [1.82, 2.24) is 10.6 Å². The second-order valence-corrected chi connectivity index (χ2v) is 4.01. The lowest BCUT2D eigenvalue weighted by Gasteiger charge is -2.10. The van der Waals surface area contributed by atoms with Crippen molar-refractivity contribution in [1.29, 1.82) is 0 Å². The first-order valence-electron chi connectivity index (χ1n) is 6.14. The van der Waals surface area contributed by atoms with Gasteiger partial charge in [0.2, 0.25) is 0 Å². The van der Waals surface area contributed by atoms with E-state index in [2.05, 4.69) is 17.2 Å². The van der Waals surface area contributed by atoms with Gasteiger partial charge in [0.1, 0.15) is 5.75 Å². The quantitative estimate of drug-likeness (QED) is 0.642. The second kappa shape index (κ2) is 8.36. The zero-order chi connectivity index (χ0) is 15.7. The van der Waals surface area contributed by atoms with Gasteiger partial charge >= 0.3 is 12.0 Å². The van der Waals surface area contributed by atoms with E-state index in [4.69, 9.17) is 9.84 Å². The van der Waals surface area contributed by atoms with E-state index in [1.54, 1.807) is 24.3 Å². The van der Waals surface area contributed by atoms with E-state index in [9.17, 15) is 14.4 Å². The molecule has 0 fully saturated rings. The minimum Gasteiger partial charge on any atom is -0.483 e. The minimum absolute atomic E-state index is 0.211. The van der Waals surface area contributed by atoms with Crippen molar-refractivity contribution in [3.05, 3.63) is 42.5 Å². The van der Waals surface area contributed by atoms with Crippen molar-refractivity contribution in [2.24, 2.45) is 0 Å². The molecule has 0 aliphatic heterocycles. The minimum atomic E-state index is -1.00. The maximum Gasteiger partial charge on any atom is 0.321 e. The average Bonchev–Trinajstić information content (AvgIpc) is 2.43. The summed E-state index contributed by atoms with van der Waals surface area (Å²) in [6.45, 7) is 3.27. The van der Waals surface area contributed by atoms with Crippen LogP contribution in [0.3, 0.4) is 0 Å². The summed E-state index contributed by atoms with van der Waals surface area (Å²) >= 11 is 0. The molecule has 3 N–H and O–H groups in total. The molecule has 1 aromatic carbocycles. The van der Waals surface area contributed by atoms with Crippen LogP contribution in [0.2, 0.25) is 0 Å². The number of rotatable bonds is 7. The van der Waals surface area contributed by atoms with Crippen LogP contribution in [0.15, 0.2) is 36.9 Å². The van der Waals surface area contributed by atoms with E-state index < -0.39 is 24.5 Å². The fourth-order valence-electron chi connectivity index (χ4n) is 1.47. The Morgan fingerprint density at radius 2 is 2.00 bits per heavy atom. The van der Waals surface area contributed by atoms with Gasteiger partial charge in [-0.15, -0.1) is 6.58 Å². The van der Waals surface area contributed by atoms with Gasteiger partial charge in [-0.05, 0) is 6.07 Å². The summed E-state index contributed by atoms with van der Waals surface area (Å²) in [6.07, 6.45) is 1.26. The number of carboxylic acids is 1. The zero-order valence-electron chi connectivity index (χ0n) is 11.3. The summed E-state index contributed by atoms with van der Waals surface area (Å²) in [6, 6.07) is 5.84. The molecule has 21 heavy (non-hydrogen) atoms. The lowest BCUT2D eigenvalue weighted by atomic mass is 10.1. The number of ether oxygens (including phenoxy) is 1. The highest BCUT2D eigenvalue weighted by atomic mass is 16.5. The highest BCUT2D eigenvalue weighted by Crippen LogP contribution is 2.18. The number of nitrogens with one attached hydrogen (secondary N) is 2. The van der Waals surface area contributed by atoms with Crippen molar-refractivity contribution in [3.8, 4) is 5.75 Å². The van der Waals surface area contributed by atoms with Gasteiger partial charge < -0.3 is 15.2 Å². The number of carbonyl (C=O) groups excluding carboxylic acids is 2. The molecule has 0 atom stereocenters. The number of benzene rings is 1. The molecular formula is C14H16N2O5. The smallest absolute Gasteiger partial charge is 0.321 e.